The average Bonchev–Trinajstić information content (AvgIpc) is 2.93. The van der Waals surface area contributed by atoms with Crippen LogP contribution in [-0.2, 0) is 0 Å². The predicted molar refractivity (Wildman–Crippen MR) is 75.4 cm³/mol. The fourth-order valence-electron chi connectivity index (χ4n) is 2.90. The van der Waals surface area contributed by atoms with Gasteiger partial charge in [-0.15, -0.1) is 0 Å². The lowest BCUT2D eigenvalue weighted by Gasteiger charge is -2.17. The van der Waals surface area contributed by atoms with E-state index >= 15 is 0 Å². The zero-order valence-corrected chi connectivity index (χ0v) is 12.1. The molecule has 1 fully saturated rings. The summed E-state index contributed by atoms with van der Waals surface area (Å²) in [6.45, 7) is 6.33. The van der Waals surface area contributed by atoms with Gasteiger partial charge in [-0.2, -0.15) is 0 Å². The number of hydrogen-bond donors (Lipinski definition) is 1. The molecule has 106 valence electrons. The van der Waals surface area contributed by atoms with Gasteiger partial charge in [-0.25, -0.2) is 4.98 Å². The topological polar surface area (TPSA) is 68.0 Å². The third-order valence-corrected chi connectivity index (χ3v) is 4.08. The number of hydrogen-bond acceptors (Lipinski definition) is 4. The normalized spacial score (nSPS) is 21.2. The maximum absolute atomic E-state index is 12.3. The van der Waals surface area contributed by atoms with E-state index in [1.54, 1.807) is 12.3 Å². The molecule has 1 aliphatic carbocycles. The monoisotopic (exact) mass is 273 g/mol. The van der Waals surface area contributed by atoms with Gasteiger partial charge in [0.25, 0.3) is 11.6 Å². The van der Waals surface area contributed by atoms with Crippen LogP contribution in [0.3, 0.4) is 0 Å². The Labute approximate surface area is 117 Å². The van der Waals surface area contributed by atoms with E-state index in [1.807, 2.05) is 6.92 Å². The summed E-state index contributed by atoms with van der Waals surface area (Å²) in [5.74, 6) is -0.0669. The lowest BCUT2D eigenvalue weighted by atomic mass is 9.92. The first kappa shape index (κ1) is 13.1. The second-order valence-electron chi connectivity index (χ2n) is 6.42. The molecule has 1 saturated carbocycles. The predicted octanol–water partition coefficient (Wildman–Crippen LogP) is 2.84. The largest absolute Gasteiger partial charge is 0.349 e. The SMILES string of the molecule is Cc1noc2ncc(C(=O)NC3CCC(C)(C)C3)cc12. The molecule has 3 rings (SSSR count). The van der Waals surface area contributed by atoms with Crippen LogP contribution in [0.25, 0.3) is 11.1 Å². The molecule has 2 heterocycles. The summed E-state index contributed by atoms with van der Waals surface area (Å²) < 4.78 is 5.05. The van der Waals surface area contributed by atoms with Crippen molar-refractivity contribution in [2.45, 2.75) is 46.1 Å². The molecule has 2 aromatic heterocycles. The minimum absolute atomic E-state index is 0.0669. The van der Waals surface area contributed by atoms with Crippen LogP contribution in [0.5, 0.6) is 0 Å². The Bertz CT molecular complexity index is 660. The van der Waals surface area contributed by atoms with E-state index in [0.29, 0.717) is 16.7 Å². The van der Waals surface area contributed by atoms with Crippen molar-refractivity contribution in [1.29, 1.82) is 0 Å². The zero-order chi connectivity index (χ0) is 14.3. The first-order valence-electron chi connectivity index (χ1n) is 6.97. The number of aromatic nitrogens is 2. The molecule has 1 N–H and O–H groups in total. The van der Waals surface area contributed by atoms with Gasteiger partial charge in [0, 0.05) is 12.2 Å². The van der Waals surface area contributed by atoms with Crippen molar-refractivity contribution < 1.29 is 9.32 Å². The van der Waals surface area contributed by atoms with Gasteiger partial charge in [0.2, 0.25) is 0 Å². The molecule has 0 bridgehead atoms. The highest BCUT2D eigenvalue weighted by Crippen LogP contribution is 2.37. The number of carbonyl (C=O) groups is 1. The molecule has 0 radical (unpaired) electrons. The summed E-state index contributed by atoms with van der Waals surface area (Å²) in [6.07, 6.45) is 4.77. The van der Waals surface area contributed by atoms with Gasteiger partial charge >= 0.3 is 0 Å². The molecule has 0 saturated heterocycles. The number of rotatable bonds is 2. The quantitative estimate of drug-likeness (QED) is 0.913. The van der Waals surface area contributed by atoms with E-state index in [2.05, 4.69) is 29.3 Å². The minimum atomic E-state index is -0.0669. The molecule has 1 unspecified atom stereocenters. The van der Waals surface area contributed by atoms with E-state index in [4.69, 9.17) is 4.52 Å². The van der Waals surface area contributed by atoms with Crippen molar-refractivity contribution in [1.82, 2.24) is 15.5 Å². The van der Waals surface area contributed by atoms with Gasteiger partial charge in [-0.3, -0.25) is 4.79 Å². The minimum Gasteiger partial charge on any atom is -0.349 e. The Kier molecular flexibility index (Phi) is 3.00. The number of pyridine rings is 1. The Hall–Kier alpha value is -1.91. The Morgan fingerprint density at radius 2 is 2.30 bits per heavy atom. The molecular formula is C15H19N3O2. The molecule has 1 atom stereocenters. The van der Waals surface area contributed by atoms with Crippen LogP contribution in [0.1, 0.15) is 49.2 Å². The highest BCUT2D eigenvalue weighted by molar-refractivity contribution is 5.97. The molecular weight excluding hydrogens is 254 g/mol. The summed E-state index contributed by atoms with van der Waals surface area (Å²) in [5.41, 5.74) is 2.12. The number of fused-ring (bicyclic) bond motifs is 1. The first-order chi connectivity index (χ1) is 9.44. The molecule has 0 spiro atoms. The molecule has 5 nitrogen and oxygen atoms in total. The summed E-state index contributed by atoms with van der Waals surface area (Å²) >= 11 is 0. The van der Waals surface area contributed by atoms with Crippen LogP contribution in [0.2, 0.25) is 0 Å². The number of aryl methyl sites for hydroxylation is 1. The first-order valence-corrected chi connectivity index (χ1v) is 6.97. The van der Waals surface area contributed by atoms with Crippen LogP contribution < -0.4 is 5.32 Å². The Morgan fingerprint density at radius 3 is 3.00 bits per heavy atom. The Morgan fingerprint density at radius 1 is 1.50 bits per heavy atom. The van der Waals surface area contributed by atoms with Crippen LogP contribution in [0.15, 0.2) is 16.8 Å². The van der Waals surface area contributed by atoms with Crippen molar-refractivity contribution in [3.63, 3.8) is 0 Å². The van der Waals surface area contributed by atoms with Crippen molar-refractivity contribution in [2.75, 3.05) is 0 Å². The molecule has 0 aliphatic heterocycles. The van der Waals surface area contributed by atoms with E-state index in [1.165, 1.54) is 0 Å². The number of carbonyl (C=O) groups excluding carboxylic acids is 1. The number of nitrogens with zero attached hydrogens (tertiary/aromatic N) is 2. The summed E-state index contributed by atoms with van der Waals surface area (Å²) in [5, 5.41) is 7.74. The average molecular weight is 273 g/mol. The van der Waals surface area contributed by atoms with Crippen LogP contribution in [-0.4, -0.2) is 22.1 Å². The van der Waals surface area contributed by atoms with Crippen molar-refractivity contribution in [2.24, 2.45) is 5.41 Å². The van der Waals surface area contributed by atoms with E-state index in [-0.39, 0.29) is 11.9 Å². The fourth-order valence-corrected chi connectivity index (χ4v) is 2.90. The van der Waals surface area contributed by atoms with E-state index in [0.717, 1.165) is 30.3 Å². The summed E-state index contributed by atoms with van der Waals surface area (Å²) in [6, 6.07) is 2.06. The maximum Gasteiger partial charge on any atom is 0.257 e. The summed E-state index contributed by atoms with van der Waals surface area (Å²) in [7, 11) is 0. The molecule has 1 amide bonds. The van der Waals surface area contributed by atoms with Gasteiger partial charge in [-0.1, -0.05) is 19.0 Å². The fraction of sp³-hybridized carbons (Fsp3) is 0.533. The van der Waals surface area contributed by atoms with Gasteiger partial charge in [0.1, 0.15) is 0 Å². The lowest BCUT2D eigenvalue weighted by Crippen LogP contribution is -2.33. The van der Waals surface area contributed by atoms with E-state index in [9.17, 15) is 4.79 Å². The highest BCUT2D eigenvalue weighted by Gasteiger charge is 2.31. The second-order valence-corrected chi connectivity index (χ2v) is 6.42. The van der Waals surface area contributed by atoms with Crippen LogP contribution in [0.4, 0.5) is 0 Å². The molecule has 20 heavy (non-hydrogen) atoms. The van der Waals surface area contributed by atoms with Gasteiger partial charge in [-0.05, 0) is 37.7 Å². The zero-order valence-electron chi connectivity index (χ0n) is 12.1. The summed E-state index contributed by atoms with van der Waals surface area (Å²) in [4.78, 5) is 16.4. The maximum atomic E-state index is 12.3. The van der Waals surface area contributed by atoms with Crippen molar-refractivity contribution in [3.8, 4) is 0 Å². The Balaban J connectivity index is 1.77. The van der Waals surface area contributed by atoms with Crippen LogP contribution in [0, 0.1) is 12.3 Å². The molecule has 1 aliphatic rings. The van der Waals surface area contributed by atoms with Crippen LogP contribution >= 0.6 is 0 Å². The number of nitrogens with one attached hydrogen (secondary N) is 1. The van der Waals surface area contributed by atoms with Crippen molar-refractivity contribution in [3.05, 3.63) is 23.5 Å². The molecule has 5 heteroatoms. The van der Waals surface area contributed by atoms with Gasteiger partial charge in [0.05, 0.1) is 16.6 Å². The third kappa shape index (κ3) is 2.40. The molecule has 0 aromatic carbocycles. The highest BCUT2D eigenvalue weighted by atomic mass is 16.5. The van der Waals surface area contributed by atoms with Gasteiger partial charge < -0.3 is 9.84 Å². The number of amides is 1. The van der Waals surface area contributed by atoms with Gasteiger partial charge in [0.15, 0.2) is 0 Å². The standard InChI is InChI=1S/C15H19N3O2/c1-9-12-6-10(8-16-14(12)20-18-9)13(19)17-11-4-5-15(2,3)7-11/h6,8,11H,4-5,7H2,1-3H3,(H,17,19). The smallest absolute Gasteiger partial charge is 0.257 e. The van der Waals surface area contributed by atoms with Crippen molar-refractivity contribution >= 4 is 17.0 Å². The van der Waals surface area contributed by atoms with E-state index < -0.39 is 0 Å². The molecule has 2 aromatic rings. The second kappa shape index (κ2) is 4.58. The lowest BCUT2D eigenvalue weighted by molar-refractivity contribution is 0.0936. The third-order valence-electron chi connectivity index (χ3n) is 4.08.